The van der Waals surface area contributed by atoms with E-state index in [1.807, 2.05) is 0 Å². The first-order chi connectivity index (χ1) is 16.3. The van der Waals surface area contributed by atoms with Crippen LogP contribution in [0.1, 0.15) is 25.8 Å². The number of hydrogen-bond donors (Lipinski definition) is 3. The Morgan fingerprint density at radius 3 is 2.56 bits per heavy atom. The highest BCUT2D eigenvalue weighted by molar-refractivity contribution is 9.10. The number of urea groups is 1. The van der Waals surface area contributed by atoms with Gasteiger partial charge in [-0.15, -0.1) is 0 Å². The summed E-state index contributed by atoms with van der Waals surface area (Å²) >= 11 is 3.40. The van der Waals surface area contributed by atoms with Crippen LogP contribution in [0, 0.1) is 0 Å². The summed E-state index contributed by atoms with van der Waals surface area (Å²) in [6.45, 7) is 7.16. The molecule has 0 spiro atoms. The molecule has 1 aliphatic rings. The van der Waals surface area contributed by atoms with E-state index in [1.165, 1.54) is 14.2 Å². The van der Waals surface area contributed by atoms with E-state index in [4.69, 9.17) is 9.47 Å². The van der Waals surface area contributed by atoms with Gasteiger partial charge in [-0.3, -0.25) is 4.79 Å². The van der Waals surface area contributed by atoms with Crippen LogP contribution in [0.3, 0.4) is 0 Å². The summed E-state index contributed by atoms with van der Waals surface area (Å²) in [5.41, 5.74) is -1.52. The standard InChI is InChI=1S/C24H31BrN4O5/c1-5-28(6-2)13-7-12-26-22(30)24(32)18-14-16(25)8-10-19(18)27-23(31)29(24)20-11-9-17(33-3)15-21(20)34-4/h8-11,14-15,32H,5-7,12-13H2,1-4H3,(H,26,30)(H,27,31)/t24-/m1/s1. The van der Waals surface area contributed by atoms with Crippen LogP contribution in [0.25, 0.3) is 0 Å². The first kappa shape index (κ1) is 25.8. The van der Waals surface area contributed by atoms with Crippen LogP contribution < -0.4 is 25.0 Å². The highest BCUT2D eigenvalue weighted by Crippen LogP contribution is 2.44. The fourth-order valence-electron chi connectivity index (χ4n) is 4.00. The molecule has 10 heteroatoms. The summed E-state index contributed by atoms with van der Waals surface area (Å²) in [4.78, 5) is 30.1. The van der Waals surface area contributed by atoms with Crippen molar-refractivity contribution in [1.82, 2.24) is 10.2 Å². The molecule has 0 unspecified atom stereocenters. The third kappa shape index (κ3) is 4.98. The van der Waals surface area contributed by atoms with E-state index in [0.29, 0.717) is 28.9 Å². The maximum Gasteiger partial charge on any atom is 0.329 e. The lowest BCUT2D eigenvalue weighted by atomic mass is 9.94. The van der Waals surface area contributed by atoms with Crippen LogP contribution in [-0.4, -0.2) is 62.3 Å². The highest BCUT2D eigenvalue weighted by atomic mass is 79.9. The van der Waals surface area contributed by atoms with Crippen LogP contribution in [-0.2, 0) is 10.5 Å². The first-order valence-electron chi connectivity index (χ1n) is 11.2. The number of amides is 3. The molecule has 0 fully saturated rings. The fraction of sp³-hybridized carbons (Fsp3) is 0.417. The highest BCUT2D eigenvalue weighted by Gasteiger charge is 2.52. The van der Waals surface area contributed by atoms with E-state index in [1.54, 1.807) is 36.4 Å². The van der Waals surface area contributed by atoms with Crippen molar-refractivity contribution in [2.45, 2.75) is 26.0 Å². The van der Waals surface area contributed by atoms with Crippen molar-refractivity contribution in [1.29, 1.82) is 0 Å². The number of aliphatic hydroxyl groups is 1. The van der Waals surface area contributed by atoms with E-state index < -0.39 is 17.7 Å². The van der Waals surface area contributed by atoms with Crippen molar-refractivity contribution in [2.75, 3.05) is 50.6 Å². The SMILES string of the molecule is CCN(CC)CCCNC(=O)[C@]1(O)c2cc(Br)ccc2NC(=O)N1c1ccc(OC)cc1OC. The number of anilines is 2. The molecular formula is C24H31BrN4O5. The van der Waals surface area contributed by atoms with E-state index in [-0.39, 0.29) is 17.0 Å². The molecule has 34 heavy (non-hydrogen) atoms. The minimum atomic E-state index is -2.32. The minimum absolute atomic E-state index is 0.215. The molecule has 0 aliphatic carbocycles. The number of fused-ring (bicyclic) bond motifs is 1. The summed E-state index contributed by atoms with van der Waals surface area (Å²) in [6, 6.07) is 9.10. The van der Waals surface area contributed by atoms with Gasteiger partial charge in [-0.1, -0.05) is 29.8 Å². The number of hydrogen-bond acceptors (Lipinski definition) is 6. The largest absolute Gasteiger partial charge is 0.497 e. The molecule has 2 aromatic carbocycles. The van der Waals surface area contributed by atoms with Crippen molar-refractivity contribution in [2.24, 2.45) is 0 Å². The molecule has 2 aromatic rings. The number of halogens is 1. The van der Waals surface area contributed by atoms with Crippen LogP contribution in [0.4, 0.5) is 16.2 Å². The second-order valence-electron chi connectivity index (χ2n) is 7.80. The smallest absolute Gasteiger partial charge is 0.329 e. The molecule has 1 heterocycles. The van der Waals surface area contributed by atoms with Crippen LogP contribution >= 0.6 is 15.9 Å². The number of benzene rings is 2. The summed E-state index contributed by atoms with van der Waals surface area (Å²) in [6.07, 6.45) is 0.701. The van der Waals surface area contributed by atoms with E-state index in [9.17, 15) is 14.7 Å². The van der Waals surface area contributed by atoms with Gasteiger partial charge in [0.05, 0.1) is 25.6 Å². The summed E-state index contributed by atoms with van der Waals surface area (Å²) in [5, 5.41) is 17.6. The molecule has 0 saturated carbocycles. The van der Waals surface area contributed by atoms with Crippen molar-refractivity contribution in [3.8, 4) is 11.5 Å². The Labute approximate surface area is 208 Å². The molecular weight excluding hydrogens is 504 g/mol. The van der Waals surface area contributed by atoms with Gasteiger partial charge in [0.25, 0.3) is 11.6 Å². The number of methoxy groups -OCH3 is 2. The summed E-state index contributed by atoms with van der Waals surface area (Å²) in [5.74, 6) is 0.0605. The fourth-order valence-corrected chi connectivity index (χ4v) is 4.36. The molecule has 184 valence electrons. The number of carbonyl (C=O) groups is 2. The Kier molecular flexibility index (Phi) is 8.40. The third-order valence-electron chi connectivity index (χ3n) is 5.90. The van der Waals surface area contributed by atoms with Crippen molar-refractivity contribution < 1.29 is 24.2 Å². The van der Waals surface area contributed by atoms with Gasteiger partial charge in [0.1, 0.15) is 11.5 Å². The molecule has 0 aromatic heterocycles. The maximum absolute atomic E-state index is 13.6. The van der Waals surface area contributed by atoms with Gasteiger partial charge in [-0.2, -0.15) is 0 Å². The van der Waals surface area contributed by atoms with Gasteiger partial charge >= 0.3 is 6.03 Å². The van der Waals surface area contributed by atoms with Gasteiger partial charge in [0, 0.05) is 22.6 Å². The molecule has 1 atom stereocenters. The zero-order chi connectivity index (χ0) is 24.9. The van der Waals surface area contributed by atoms with E-state index >= 15 is 0 Å². The lowest BCUT2D eigenvalue weighted by Crippen LogP contribution is -2.62. The lowest BCUT2D eigenvalue weighted by molar-refractivity contribution is -0.140. The lowest BCUT2D eigenvalue weighted by Gasteiger charge is -2.43. The van der Waals surface area contributed by atoms with Gasteiger partial charge < -0.3 is 30.1 Å². The number of rotatable bonds is 10. The van der Waals surface area contributed by atoms with Crippen molar-refractivity contribution >= 4 is 39.2 Å². The number of carbonyl (C=O) groups excluding carboxylic acids is 2. The predicted octanol–water partition coefficient (Wildman–Crippen LogP) is 3.51. The molecule has 0 saturated heterocycles. The van der Waals surface area contributed by atoms with Crippen LogP contribution in [0.2, 0.25) is 0 Å². The molecule has 3 N–H and O–H groups in total. The second-order valence-corrected chi connectivity index (χ2v) is 8.72. The number of nitrogens with zero attached hydrogens (tertiary/aromatic N) is 2. The van der Waals surface area contributed by atoms with Crippen LogP contribution in [0.5, 0.6) is 11.5 Å². The first-order valence-corrected chi connectivity index (χ1v) is 12.0. The average Bonchev–Trinajstić information content (AvgIpc) is 2.84. The van der Waals surface area contributed by atoms with Gasteiger partial charge in [0.2, 0.25) is 0 Å². The predicted molar refractivity (Wildman–Crippen MR) is 134 cm³/mol. The molecule has 0 radical (unpaired) electrons. The molecule has 3 rings (SSSR count). The maximum atomic E-state index is 13.6. The van der Waals surface area contributed by atoms with Crippen molar-refractivity contribution in [3.05, 3.63) is 46.4 Å². The zero-order valence-corrected chi connectivity index (χ0v) is 21.4. The second kappa shape index (κ2) is 11.1. The summed E-state index contributed by atoms with van der Waals surface area (Å²) in [7, 11) is 2.95. The Morgan fingerprint density at radius 1 is 1.18 bits per heavy atom. The number of nitrogens with one attached hydrogen (secondary N) is 2. The Hall–Kier alpha value is -2.82. The zero-order valence-electron chi connectivity index (χ0n) is 19.9. The molecule has 1 aliphatic heterocycles. The van der Waals surface area contributed by atoms with Crippen molar-refractivity contribution in [3.63, 3.8) is 0 Å². The van der Waals surface area contributed by atoms with E-state index in [0.717, 1.165) is 24.5 Å². The minimum Gasteiger partial charge on any atom is -0.497 e. The monoisotopic (exact) mass is 534 g/mol. The third-order valence-corrected chi connectivity index (χ3v) is 6.39. The Morgan fingerprint density at radius 2 is 1.91 bits per heavy atom. The van der Waals surface area contributed by atoms with Gasteiger partial charge in [-0.05, 0) is 56.4 Å². The average molecular weight is 535 g/mol. The van der Waals surface area contributed by atoms with E-state index in [2.05, 4.69) is 45.3 Å². The van der Waals surface area contributed by atoms with Gasteiger partial charge in [-0.25, -0.2) is 9.69 Å². The van der Waals surface area contributed by atoms with Crippen LogP contribution in [0.15, 0.2) is 40.9 Å². The Balaban J connectivity index is 2.02. The quantitative estimate of drug-likeness (QED) is 0.403. The molecule has 9 nitrogen and oxygen atoms in total. The molecule has 0 bridgehead atoms. The number of ether oxygens (including phenoxy) is 2. The topological polar surface area (TPSA) is 103 Å². The molecule has 3 amide bonds. The summed E-state index contributed by atoms with van der Waals surface area (Å²) < 4.78 is 11.4. The van der Waals surface area contributed by atoms with Gasteiger partial charge in [0.15, 0.2) is 0 Å². The normalized spacial score (nSPS) is 17.3. The Bertz CT molecular complexity index is 1050.